The van der Waals surface area contributed by atoms with Crippen LogP contribution < -0.4 is 23.8 Å². The van der Waals surface area contributed by atoms with Crippen molar-refractivity contribution in [3.05, 3.63) is 76.9 Å². The molecule has 0 spiro atoms. The number of aryl methyl sites for hydroxylation is 1. The van der Waals surface area contributed by atoms with Crippen LogP contribution in [0.15, 0.2) is 60.2 Å². The highest BCUT2D eigenvalue weighted by molar-refractivity contribution is 7.22. The van der Waals surface area contributed by atoms with Gasteiger partial charge in [-0.3, -0.25) is 14.5 Å². The number of hydrogen-bond donors (Lipinski definition) is 1. The number of carbonyl (C=O) groups is 2. The summed E-state index contributed by atoms with van der Waals surface area (Å²) in [7, 11) is 0. The molecule has 1 saturated heterocycles. The summed E-state index contributed by atoms with van der Waals surface area (Å²) in [5, 5.41) is 12.0. The number of thiazole rings is 1. The van der Waals surface area contributed by atoms with Crippen molar-refractivity contribution < 1.29 is 33.6 Å². The lowest BCUT2D eigenvalue weighted by atomic mass is 9.95. The van der Waals surface area contributed by atoms with Crippen LogP contribution in [0.2, 0.25) is 0 Å². The van der Waals surface area contributed by atoms with E-state index in [1.54, 1.807) is 36.4 Å². The summed E-state index contributed by atoms with van der Waals surface area (Å²) in [5.41, 5.74) is 2.62. The van der Waals surface area contributed by atoms with Crippen LogP contribution in [0.25, 0.3) is 16.0 Å². The lowest BCUT2D eigenvalue weighted by Gasteiger charge is -2.24. The van der Waals surface area contributed by atoms with Gasteiger partial charge >= 0.3 is 5.91 Å². The quantitative estimate of drug-likeness (QED) is 0.0883. The van der Waals surface area contributed by atoms with Gasteiger partial charge in [-0.05, 0) is 73.9 Å². The smallest absolute Gasteiger partial charge is 0.301 e. The van der Waals surface area contributed by atoms with Crippen LogP contribution in [0.5, 0.6) is 23.0 Å². The molecule has 3 heterocycles. The third-order valence-electron chi connectivity index (χ3n) is 7.59. The third-order valence-corrected chi connectivity index (χ3v) is 8.61. The molecule has 1 aromatic heterocycles. The maximum Gasteiger partial charge on any atom is 0.301 e. The number of unbranched alkanes of at least 4 members (excludes halogenated alkanes) is 2. The first-order chi connectivity index (χ1) is 21.4. The Bertz CT molecular complexity index is 1760. The maximum absolute atomic E-state index is 13.8. The summed E-state index contributed by atoms with van der Waals surface area (Å²) >= 11 is 1.32. The number of nitrogens with zero attached hydrogens (tertiary/aromatic N) is 2. The van der Waals surface area contributed by atoms with Gasteiger partial charge in [0.25, 0.3) is 5.78 Å². The molecule has 2 aliphatic rings. The zero-order valence-electron chi connectivity index (χ0n) is 24.9. The number of ketones is 1. The number of carbonyl (C=O) groups excluding carboxylic acids is 2. The van der Waals surface area contributed by atoms with Crippen LogP contribution in [0.4, 0.5) is 5.13 Å². The molecular formula is C34H34N2O7S. The second-order valence-electron chi connectivity index (χ2n) is 10.7. The maximum atomic E-state index is 13.8. The van der Waals surface area contributed by atoms with Crippen LogP contribution in [-0.4, -0.2) is 48.2 Å². The average molecular weight is 615 g/mol. The van der Waals surface area contributed by atoms with E-state index in [0.717, 1.165) is 29.5 Å². The van der Waals surface area contributed by atoms with E-state index in [-0.39, 0.29) is 11.3 Å². The van der Waals surface area contributed by atoms with Gasteiger partial charge in [-0.2, -0.15) is 0 Å². The molecule has 2 aliphatic heterocycles. The molecule has 9 nitrogen and oxygen atoms in total. The van der Waals surface area contributed by atoms with E-state index >= 15 is 0 Å². The molecule has 6 rings (SSSR count). The van der Waals surface area contributed by atoms with Crippen LogP contribution >= 0.6 is 11.3 Å². The van der Waals surface area contributed by atoms with Gasteiger partial charge in [0.2, 0.25) is 0 Å². The van der Waals surface area contributed by atoms with E-state index in [2.05, 4.69) is 6.92 Å². The first-order valence-electron chi connectivity index (χ1n) is 14.9. The first-order valence-corrected chi connectivity index (χ1v) is 15.7. The fraction of sp³-hybridized carbons (Fsp3) is 0.324. The van der Waals surface area contributed by atoms with Crippen molar-refractivity contribution in [1.82, 2.24) is 4.98 Å². The van der Waals surface area contributed by atoms with Gasteiger partial charge in [0.05, 0.1) is 35.0 Å². The van der Waals surface area contributed by atoms with Crippen molar-refractivity contribution in [2.75, 3.05) is 31.3 Å². The van der Waals surface area contributed by atoms with Crippen LogP contribution in [-0.2, 0) is 9.59 Å². The van der Waals surface area contributed by atoms with Gasteiger partial charge < -0.3 is 24.1 Å². The first kappa shape index (κ1) is 29.5. The molecule has 228 valence electrons. The summed E-state index contributed by atoms with van der Waals surface area (Å²) < 4.78 is 24.2. The van der Waals surface area contributed by atoms with Crippen molar-refractivity contribution in [2.24, 2.45) is 0 Å². The highest BCUT2D eigenvalue weighted by atomic mass is 32.1. The molecule has 1 amide bonds. The molecule has 0 radical (unpaired) electrons. The lowest BCUT2D eigenvalue weighted by Crippen LogP contribution is -2.29. The molecule has 10 heteroatoms. The lowest BCUT2D eigenvalue weighted by molar-refractivity contribution is -0.132. The predicted molar refractivity (Wildman–Crippen MR) is 169 cm³/mol. The summed E-state index contributed by atoms with van der Waals surface area (Å²) in [5.74, 6) is 0.166. The number of ether oxygens (including phenoxy) is 4. The molecule has 0 bridgehead atoms. The van der Waals surface area contributed by atoms with Crippen molar-refractivity contribution in [2.45, 2.75) is 46.1 Å². The minimum atomic E-state index is -0.974. The van der Waals surface area contributed by atoms with Crippen LogP contribution in [0.3, 0.4) is 0 Å². The van der Waals surface area contributed by atoms with E-state index in [9.17, 15) is 14.7 Å². The molecular weight excluding hydrogens is 580 g/mol. The van der Waals surface area contributed by atoms with Crippen LogP contribution in [0, 0.1) is 6.92 Å². The van der Waals surface area contributed by atoms with E-state index in [1.807, 2.05) is 32.0 Å². The topological polar surface area (TPSA) is 107 Å². The Morgan fingerprint density at radius 1 is 0.977 bits per heavy atom. The summed E-state index contributed by atoms with van der Waals surface area (Å²) in [6.45, 7) is 7.72. The van der Waals surface area contributed by atoms with E-state index in [4.69, 9.17) is 23.9 Å². The van der Waals surface area contributed by atoms with Gasteiger partial charge in [-0.15, -0.1) is 0 Å². The minimum absolute atomic E-state index is 0.0545. The molecule has 0 aliphatic carbocycles. The van der Waals surface area contributed by atoms with Gasteiger partial charge in [0, 0.05) is 5.56 Å². The molecule has 1 fully saturated rings. The van der Waals surface area contributed by atoms with E-state index in [1.165, 1.54) is 16.2 Å². The van der Waals surface area contributed by atoms with Crippen molar-refractivity contribution in [3.63, 3.8) is 0 Å². The Morgan fingerprint density at radius 2 is 1.80 bits per heavy atom. The SMILES string of the molecule is CCCCCOc1ccc([C@@H]2C(=C(O)c3ccc4c(c3)OCCO4)C(=O)C(=O)N2c2nc3ccc(C)cc3s2)cc1OCC. The number of anilines is 1. The van der Waals surface area contributed by atoms with Gasteiger partial charge in [0.1, 0.15) is 19.0 Å². The zero-order valence-corrected chi connectivity index (χ0v) is 25.7. The number of benzene rings is 3. The molecule has 1 atom stereocenters. The number of aliphatic hydroxyl groups excluding tert-OH is 1. The fourth-order valence-electron chi connectivity index (χ4n) is 5.43. The number of aromatic nitrogens is 1. The number of Topliss-reactive ketones (excluding diaryl/α,β-unsaturated/α-hetero) is 1. The van der Waals surface area contributed by atoms with Crippen LogP contribution in [0.1, 0.15) is 55.8 Å². The largest absolute Gasteiger partial charge is 0.507 e. The zero-order chi connectivity index (χ0) is 30.8. The van der Waals surface area contributed by atoms with Gasteiger partial charge in [-0.1, -0.05) is 43.2 Å². The Morgan fingerprint density at radius 3 is 2.59 bits per heavy atom. The van der Waals surface area contributed by atoms with Gasteiger partial charge in [-0.25, -0.2) is 4.98 Å². The number of fused-ring (bicyclic) bond motifs is 2. The second kappa shape index (κ2) is 12.6. The Labute approximate surface area is 259 Å². The van der Waals surface area contributed by atoms with Crippen molar-refractivity contribution in [1.29, 1.82) is 0 Å². The minimum Gasteiger partial charge on any atom is -0.507 e. The van der Waals surface area contributed by atoms with E-state index in [0.29, 0.717) is 71.2 Å². The molecule has 44 heavy (non-hydrogen) atoms. The number of amides is 1. The van der Waals surface area contributed by atoms with Crippen molar-refractivity contribution in [3.8, 4) is 23.0 Å². The monoisotopic (exact) mass is 614 g/mol. The number of rotatable bonds is 10. The molecule has 4 aromatic rings. The summed E-state index contributed by atoms with van der Waals surface area (Å²) in [4.78, 5) is 33.7. The Kier molecular flexibility index (Phi) is 8.43. The normalized spacial score (nSPS) is 17.3. The van der Waals surface area contributed by atoms with Crippen molar-refractivity contribution >= 4 is 44.1 Å². The van der Waals surface area contributed by atoms with Gasteiger partial charge in [0.15, 0.2) is 28.1 Å². The molecule has 1 N–H and O–H groups in total. The molecule has 3 aromatic carbocycles. The number of hydrogen-bond acceptors (Lipinski definition) is 9. The molecule has 0 saturated carbocycles. The highest BCUT2D eigenvalue weighted by Gasteiger charge is 2.48. The Balaban J connectivity index is 1.49. The Hall–Kier alpha value is -4.57. The molecule has 0 unspecified atom stereocenters. The summed E-state index contributed by atoms with van der Waals surface area (Å²) in [6.07, 6.45) is 3.04. The average Bonchev–Trinajstić information content (AvgIpc) is 3.56. The highest BCUT2D eigenvalue weighted by Crippen LogP contribution is 2.46. The summed E-state index contributed by atoms with van der Waals surface area (Å²) in [6, 6.07) is 15.2. The van der Waals surface area contributed by atoms with E-state index < -0.39 is 17.7 Å². The predicted octanol–water partition coefficient (Wildman–Crippen LogP) is 6.97. The fourth-order valence-corrected chi connectivity index (χ4v) is 6.52. The third kappa shape index (κ3) is 5.57. The standard InChI is InChI=1S/C34H34N2O7S/c1-4-6-7-14-41-24-12-9-21(18-26(24)40-5-2)30-29(31(37)22-10-13-25-27(19-22)43-16-15-42-25)32(38)33(39)36(30)34-35-23-11-8-20(3)17-28(23)44-34/h8-13,17-19,30,37H,4-7,14-16H2,1-3H3/t30-/m1/s1. The number of aliphatic hydroxyl groups is 1. The second-order valence-corrected chi connectivity index (χ2v) is 11.7.